The third-order valence-corrected chi connectivity index (χ3v) is 6.28. The van der Waals surface area contributed by atoms with Crippen molar-refractivity contribution < 1.29 is 14.3 Å². The minimum absolute atomic E-state index is 0.256. The van der Waals surface area contributed by atoms with Crippen molar-refractivity contribution in [2.24, 2.45) is 0 Å². The Hall–Kier alpha value is -2.97. The van der Waals surface area contributed by atoms with Crippen LogP contribution >= 0.6 is 23.2 Å². The average Bonchev–Trinajstić information content (AvgIpc) is 3.06. The average molecular weight is 490 g/mol. The maximum Gasteiger partial charge on any atom is 0.329 e. The van der Waals surface area contributed by atoms with Crippen molar-refractivity contribution in [3.63, 3.8) is 0 Å². The Morgan fingerprint density at radius 3 is 2.61 bits per heavy atom. The van der Waals surface area contributed by atoms with Crippen LogP contribution in [0.25, 0.3) is 0 Å². The van der Waals surface area contributed by atoms with Crippen molar-refractivity contribution >= 4 is 40.9 Å². The normalized spacial score (nSPS) is 13.1. The second kappa shape index (κ2) is 10.3. The number of amides is 2. The molecule has 10 heteroatoms. The maximum absolute atomic E-state index is 13.5. The number of halogens is 2. The SMILES string of the molecule is COc1ccc(CN(C(=O)Nc2ccc(Cl)c(Cl)c2)c2nnc3n2CCCCC3)cc1OC. The Balaban J connectivity index is 1.68. The van der Waals surface area contributed by atoms with E-state index in [1.54, 1.807) is 37.3 Å². The van der Waals surface area contributed by atoms with E-state index in [-0.39, 0.29) is 12.6 Å². The molecule has 0 unspecified atom stereocenters. The number of carbonyl (C=O) groups is 1. The zero-order valence-electron chi connectivity index (χ0n) is 18.5. The van der Waals surface area contributed by atoms with E-state index >= 15 is 0 Å². The van der Waals surface area contributed by atoms with Crippen LogP contribution < -0.4 is 19.7 Å². The van der Waals surface area contributed by atoms with E-state index in [1.165, 1.54) is 0 Å². The third-order valence-electron chi connectivity index (χ3n) is 5.54. The number of anilines is 2. The van der Waals surface area contributed by atoms with Gasteiger partial charge >= 0.3 is 6.03 Å². The first-order valence-electron chi connectivity index (χ1n) is 10.7. The van der Waals surface area contributed by atoms with Gasteiger partial charge in [-0.3, -0.25) is 9.47 Å². The lowest BCUT2D eigenvalue weighted by atomic mass is 10.2. The van der Waals surface area contributed by atoms with Gasteiger partial charge in [0, 0.05) is 18.7 Å². The topological polar surface area (TPSA) is 81.5 Å². The van der Waals surface area contributed by atoms with E-state index in [4.69, 9.17) is 32.7 Å². The molecule has 0 spiro atoms. The van der Waals surface area contributed by atoms with Crippen LogP contribution in [0.1, 0.15) is 30.7 Å². The third kappa shape index (κ3) is 5.17. The van der Waals surface area contributed by atoms with Gasteiger partial charge in [0.05, 0.1) is 30.8 Å². The number of carbonyl (C=O) groups excluding carboxylic acids is 1. The van der Waals surface area contributed by atoms with Crippen LogP contribution in [-0.4, -0.2) is 35.0 Å². The van der Waals surface area contributed by atoms with Crippen LogP contribution in [0.15, 0.2) is 36.4 Å². The van der Waals surface area contributed by atoms with Gasteiger partial charge in [-0.15, -0.1) is 10.2 Å². The zero-order valence-corrected chi connectivity index (χ0v) is 20.0. The van der Waals surface area contributed by atoms with Gasteiger partial charge in [-0.2, -0.15) is 0 Å². The van der Waals surface area contributed by atoms with Crippen LogP contribution in [0.5, 0.6) is 11.5 Å². The number of fused-ring (bicyclic) bond motifs is 1. The minimum atomic E-state index is -0.359. The molecule has 8 nitrogen and oxygen atoms in total. The van der Waals surface area contributed by atoms with Gasteiger partial charge in [0.2, 0.25) is 5.95 Å². The smallest absolute Gasteiger partial charge is 0.329 e. The number of aromatic nitrogens is 3. The molecule has 1 aromatic heterocycles. The molecule has 33 heavy (non-hydrogen) atoms. The summed E-state index contributed by atoms with van der Waals surface area (Å²) in [5.74, 6) is 2.59. The Morgan fingerprint density at radius 1 is 1.03 bits per heavy atom. The molecule has 0 bridgehead atoms. The van der Waals surface area contributed by atoms with Gasteiger partial charge in [0.15, 0.2) is 11.5 Å². The lowest BCUT2D eigenvalue weighted by Crippen LogP contribution is -2.36. The molecule has 174 valence electrons. The molecule has 0 saturated carbocycles. The number of nitrogens with one attached hydrogen (secondary N) is 1. The summed E-state index contributed by atoms with van der Waals surface area (Å²) in [6, 6.07) is 10.1. The molecule has 0 radical (unpaired) electrons. The van der Waals surface area contributed by atoms with E-state index in [0.717, 1.165) is 43.6 Å². The number of urea groups is 1. The molecule has 3 aromatic rings. The molecule has 0 atom stereocenters. The largest absolute Gasteiger partial charge is 0.493 e. The van der Waals surface area contributed by atoms with Gasteiger partial charge in [0.25, 0.3) is 0 Å². The first-order valence-corrected chi connectivity index (χ1v) is 11.4. The summed E-state index contributed by atoms with van der Waals surface area (Å²) in [4.78, 5) is 15.0. The highest BCUT2D eigenvalue weighted by Gasteiger charge is 2.25. The Labute approximate surface area is 202 Å². The van der Waals surface area contributed by atoms with Crippen molar-refractivity contribution in [1.82, 2.24) is 14.8 Å². The summed E-state index contributed by atoms with van der Waals surface area (Å²) in [6.07, 6.45) is 4.03. The highest BCUT2D eigenvalue weighted by Crippen LogP contribution is 2.30. The monoisotopic (exact) mass is 489 g/mol. The minimum Gasteiger partial charge on any atom is -0.493 e. The van der Waals surface area contributed by atoms with Gasteiger partial charge in [-0.25, -0.2) is 4.79 Å². The second-order valence-electron chi connectivity index (χ2n) is 7.71. The lowest BCUT2D eigenvalue weighted by Gasteiger charge is -2.23. The fourth-order valence-corrected chi connectivity index (χ4v) is 4.13. The first kappa shape index (κ1) is 23.2. The number of ether oxygens (including phenoxy) is 2. The zero-order chi connectivity index (χ0) is 23.4. The number of hydrogen-bond acceptors (Lipinski definition) is 5. The van der Waals surface area contributed by atoms with Gasteiger partial charge in [-0.05, 0) is 48.7 Å². The molecule has 1 aliphatic rings. The van der Waals surface area contributed by atoms with Crippen LogP contribution in [0.3, 0.4) is 0 Å². The van der Waals surface area contributed by atoms with Crippen molar-refractivity contribution in [3.8, 4) is 11.5 Å². The summed E-state index contributed by atoms with van der Waals surface area (Å²) < 4.78 is 12.8. The van der Waals surface area contributed by atoms with E-state index < -0.39 is 0 Å². The summed E-state index contributed by atoms with van der Waals surface area (Å²) in [5, 5.41) is 12.4. The van der Waals surface area contributed by atoms with Crippen molar-refractivity contribution in [3.05, 3.63) is 57.8 Å². The number of methoxy groups -OCH3 is 2. The van der Waals surface area contributed by atoms with Crippen LogP contribution in [0.4, 0.5) is 16.4 Å². The molecule has 0 saturated heterocycles. The molecule has 2 amide bonds. The Kier molecular flexibility index (Phi) is 7.25. The molecule has 4 rings (SSSR count). The summed E-state index contributed by atoms with van der Waals surface area (Å²) in [5.41, 5.74) is 1.38. The molecular formula is C23H25Cl2N5O3. The fourth-order valence-electron chi connectivity index (χ4n) is 3.83. The predicted molar refractivity (Wildman–Crippen MR) is 129 cm³/mol. The molecule has 1 N–H and O–H groups in total. The Morgan fingerprint density at radius 2 is 1.85 bits per heavy atom. The molecule has 2 aromatic carbocycles. The quantitative estimate of drug-likeness (QED) is 0.489. The van der Waals surface area contributed by atoms with Gasteiger partial charge in [-0.1, -0.05) is 35.7 Å². The summed E-state index contributed by atoms with van der Waals surface area (Å²) in [7, 11) is 3.16. The Bertz CT molecular complexity index is 1150. The van der Waals surface area contributed by atoms with Gasteiger partial charge in [0.1, 0.15) is 5.82 Å². The maximum atomic E-state index is 13.5. The van der Waals surface area contributed by atoms with Crippen LogP contribution in [0.2, 0.25) is 10.0 Å². The molecule has 0 aliphatic carbocycles. The molecular weight excluding hydrogens is 465 g/mol. The second-order valence-corrected chi connectivity index (χ2v) is 8.53. The number of aryl methyl sites for hydroxylation is 1. The van der Waals surface area contributed by atoms with Crippen molar-refractivity contribution in [1.29, 1.82) is 0 Å². The number of nitrogens with zero attached hydrogens (tertiary/aromatic N) is 4. The van der Waals surface area contributed by atoms with E-state index in [9.17, 15) is 4.79 Å². The lowest BCUT2D eigenvalue weighted by molar-refractivity contribution is 0.256. The van der Waals surface area contributed by atoms with Crippen molar-refractivity contribution in [2.75, 3.05) is 24.4 Å². The van der Waals surface area contributed by atoms with Crippen molar-refractivity contribution in [2.45, 2.75) is 38.8 Å². The number of rotatable bonds is 6. The summed E-state index contributed by atoms with van der Waals surface area (Å²) >= 11 is 12.1. The highest BCUT2D eigenvalue weighted by atomic mass is 35.5. The summed E-state index contributed by atoms with van der Waals surface area (Å²) in [6.45, 7) is 1.02. The van der Waals surface area contributed by atoms with Gasteiger partial charge < -0.3 is 14.8 Å². The molecule has 0 fully saturated rings. The molecule has 1 aliphatic heterocycles. The van der Waals surface area contributed by atoms with E-state index in [1.807, 2.05) is 22.8 Å². The van der Waals surface area contributed by atoms with E-state index in [0.29, 0.717) is 33.2 Å². The van der Waals surface area contributed by atoms with Crippen LogP contribution in [0, 0.1) is 0 Å². The molecule has 2 heterocycles. The highest BCUT2D eigenvalue weighted by molar-refractivity contribution is 6.42. The predicted octanol–water partition coefficient (Wildman–Crippen LogP) is 5.57. The number of hydrogen-bond donors (Lipinski definition) is 1. The fraction of sp³-hybridized carbons (Fsp3) is 0.348. The van der Waals surface area contributed by atoms with Crippen LogP contribution in [-0.2, 0) is 19.5 Å². The number of benzene rings is 2. The van der Waals surface area contributed by atoms with E-state index in [2.05, 4.69) is 15.5 Å². The standard InChI is InChI=1S/C23H25Cl2N5O3/c1-32-19-10-7-15(12-20(19)33-2)14-30(22-28-27-21-6-4-3-5-11-29(21)22)23(31)26-16-8-9-17(24)18(25)13-16/h7-10,12-13H,3-6,11,14H2,1-2H3,(H,26,31). The first-order chi connectivity index (χ1) is 16.0.